The molecule has 0 unspecified atom stereocenters. The van der Waals surface area contributed by atoms with Crippen LogP contribution in [0.2, 0.25) is 0 Å². The maximum atomic E-state index is 3.30. The summed E-state index contributed by atoms with van der Waals surface area (Å²) in [6.45, 7) is 0. The third-order valence-corrected chi connectivity index (χ3v) is 6.40. The van der Waals surface area contributed by atoms with Crippen molar-refractivity contribution in [1.29, 1.82) is 0 Å². The Hall–Kier alpha value is -3.28. The molecule has 176 valence electrons. The van der Waals surface area contributed by atoms with E-state index in [1.54, 1.807) is 0 Å². The van der Waals surface area contributed by atoms with Crippen molar-refractivity contribution in [2.24, 2.45) is 0 Å². The topological polar surface area (TPSA) is 0 Å². The Balaban J connectivity index is 0.000000125. The van der Waals surface area contributed by atoms with Gasteiger partial charge in [-0.25, -0.2) is 24.3 Å². The van der Waals surface area contributed by atoms with E-state index < -0.39 is 0 Å². The van der Waals surface area contributed by atoms with Gasteiger partial charge in [0, 0.05) is 0 Å². The maximum Gasteiger partial charge on any atom is 4.00 e. The molecule has 0 saturated carbocycles. The van der Waals surface area contributed by atoms with E-state index in [-0.39, 0.29) is 26.2 Å². The average molecular weight is 552 g/mol. The van der Waals surface area contributed by atoms with E-state index in [1.807, 2.05) is 36.4 Å². The fourth-order valence-electron chi connectivity index (χ4n) is 4.68. The van der Waals surface area contributed by atoms with Gasteiger partial charge in [0.15, 0.2) is 0 Å². The molecule has 0 bridgehead atoms. The normalized spacial score (nSPS) is 13.4. The molecule has 0 heterocycles. The van der Waals surface area contributed by atoms with E-state index in [0.29, 0.717) is 0 Å². The van der Waals surface area contributed by atoms with Gasteiger partial charge in [-0.05, 0) is 12.8 Å². The third-order valence-electron chi connectivity index (χ3n) is 6.40. The van der Waals surface area contributed by atoms with E-state index in [1.165, 1.54) is 44.5 Å². The van der Waals surface area contributed by atoms with E-state index >= 15 is 0 Å². The fourth-order valence-corrected chi connectivity index (χ4v) is 4.68. The van der Waals surface area contributed by atoms with Crippen LogP contribution in [-0.2, 0) is 39.0 Å². The minimum absolute atomic E-state index is 0. The van der Waals surface area contributed by atoms with Gasteiger partial charge < -0.3 is 0 Å². The molecule has 0 radical (unpaired) electrons. The summed E-state index contributed by atoms with van der Waals surface area (Å²) in [4.78, 5) is 0. The Labute approximate surface area is 240 Å². The zero-order valence-electron chi connectivity index (χ0n) is 20.9. The smallest absolute Gasteiger partial charge is 0.273 e. The third kappa shape index (κ3) is 6.94. The van der Waals surface area contributed by atoms with Crippen molar-refractivity contribution in [3.8, 4) is 22.3 Å². The van der Waals surface area contributed by atoms with Gasteiger partial charge in [0.05, 0.1) is 0 Å². The quantitative estimate of drug-likeness (QED) is 0.166. The molecule has 4 aromatic carbocycles. The molecule has 8 rings (SSSR count). The maximum absolute atomic E-state index is 3.30. The molecule has 0 atom stereocenters. The van der Waals surface area contributed by atoms with Crippen molar-refractivity contribution in [1.82, 2.24) is 0 Å². The van der Waals surface area contributed by atoms with Crippen LogP contribution in [0.25, 0.3) is 22.3 Å². The molecular weight excluding hydrogens is 524 g/mol. The van der Waals surface area contributed by atoms with Gasteiger partial charge in [-0.2, -0.15) is 71.8 Å². The van der Waals surface area contributed by atoms with Crippen molar-refractivity contribution in [2.45, 2.75) is 25.7 Å². The zero-order valence-corrected chi connectivity index (χ0v) is 23.3. The Morgan fingerprint density at radius 1 is 0.486 bits per heavy atom. The second-order valence-corrected chi connectivity index (χ2v) is 8.80. The van der Waals surface area contributed by atoms with E-state index in [2.05, 4.69) is 109 Å². The van der Waals surface area contributed by atoms with E-state index in [4.69, 9.17) is 0 Å². The second-order valence-electron chi connectivity index (χ2n) is 8.80. The van der Waals surface area contributed by atoms with Gasteiger partial charge in [0.25, 0.3) is 0 Å². The summed E-state index contributed by atoms with van der Waals surface area (Å²) in [5.74, 6) is 0. The minimum atomic E-state index is 0. The van der Waals surface area contributed by atoms with E-state index in [9.17, 15) is 0 Å². The summed E-state index contributed by atoms with van der Waals surface area (Å²) < 4.78 is 0. The Morgan fingerprint density at radius 3 is 1.30 bits per heavy atom. The second kappa shape index (κ2) is 13.9. The molecule has 0 spiro atoms. The van der Waals surface area contributed by atoms with Crippen molar-refractivity contribution in [2.75, 3.05) is 0 Å². The number of hydrogen-bond donors (Lipinski definition) is 0. The predicted octanol–water partition coefficient (Wildman–Crippen LogP) is 8.72. The van der Waals surface area contributed by atoms with Crippen LogP contribution in [0.5, 0.6) is 0 Å². The van der Waals surface area contributed by atoms with Crippen LogP contribution in [0.4, 0.5) is 0 Å². The summed E-state index contributed by atoms with van der Waals surface area (Å²) >= 11 is 0. The predicted molar refractivity (Wildman–Crippen MR) is 150 cm³/mol. The van der Waals surface area contributed by atoms with Crippen LogP contribution in [0, 0.1) is 24.3 Å². The Morgan fingerprint density at radius 2 is 0.919 bits per heavy atom. The first-order valence-electron chi connectivity index (χ1n) is 12.5. The number of rotatable bonds is 0. The first kappa shape index (κ1) is 26.8. The van der Waals surface area contributed by atoms with Crippen LogP contribution in [0.15, 0.2) is 121 Å². The molecule has 37 heavy (non-hydrogen) atoms. The molecule has 1 heteroatoms. The van der Waals surface area contributed by atoms with Gasteiger partial charge in [-0.3, -0.25) is 12.2 Å². The van der Waals surface area contributed by atoms with Crippen LogP contribution in [0.1, 0.15) is 35.1 Å². The monoisotopic (exact) mass is 550 g/mol. The molecule has 4 aromatic rings. The first-order valence-corrected chi connectivity index (χ1v) is 12.5. The zero-order chi connectivity index (χ0) is 24.4. The summed E-state index contributed by atoms with van der Waals surface area (Å²) in [6, 6.07) is 36.2. The van der Waals surface area contributed by atoms with Crippen LogP contribution < -0.4 is 0 Å². The molecule has 0 fully saturated rings. The molecule has 0 N–H and O–H groups in total. The Kier molecular flexibility index (Phi) is 10.0. The SMILES string of the molecule is [C-]1=CC=CC1.[C-]1=CC=CC1.[Zr+4].[c-]1cccc2c1Cc1ccccc1-2.[c-]1cccc2c1Cc1ccccc1-2. The first-order chi connectivity index (χ1) is 17.9. The molecule has 0 saturated heterocycles. The molecule has 0 aromatic heterocycles. The van der Waals surface area contributed by atoms with Crippen molar-refractivity contribution < 1.29 is 26.2 Å². The molecule has 0 aliphatic heterocycles. The minimum Gasteiger partial charge on any atom is -0.273 e. The average Bonchev–Trinajstić information content (AvgIpc) is 3.77. The van der Waals surface area contributed by atoms with Crippen molar-refractivity contribution >= 4 is 0 Å². The number of benzene rings is 4. The summed E-state index contributed by atoms with van der Waals surface area (Å²) in [6.07, 6.45) is 22.1. The number of allylic oxidation sites excluding steroid dienone is 8. The summed E-state index contributed by atoms with van der Waals surface area (Å²) in [7, 11) is 0. The number of fused-ring (bicyclic) bond motifs is 6. The molecule has 4 aliphatic carbocycles. The van der Waals surface area contributed by atoms with Gasteiger partial charge in [-0.1, -0.05) is 70.8 Å². The summed E-state index contributed by atoms with van der Waals surface area (Å²) in [5.41, 5.74) is 11.0. The fraction of sp³-hybridized carbons (Fsp3) is 0.111. The molecule has 0 amide bonds. The van der Waals surface area contributed by atoms with Crippen LogP contribution in [0.3, 0.4) is 0 Å². The van der Waals surface area contributed by atoms with Crippen molar-refractivity contribution in [3.05, 3.63) is 168 Å². The van der Waals surface area contributed by atoms with Gasteiger partial charge >= 0.3 is 26.2 Å². The Bertz CT molecular complexity index is 1220. The molecule has 0 nitrogen and oxygen atoms in total. The summed E-state index contributed by atoms with van der Waals surface area (Å²) in [5, 5.41) is 0. The van der Waals surface area contributed by atoms with Crippen LogP contribution in [-0.4, -0.2) is 0 Å². The molecular formula is C36H28Zr. The van der Waals surface area contributed by atoms with Gasteiger partial charge in [0.1, 0.15) is 0 Å². The van der Waals surface area contributed by atoms with E-state index in [0.717, 1.165) is 25.7 Å². The van der Waals surface area contributed by atoms with Crippen molar-refractivity contribution in [3.63, 3.8) is 0 Å². The largest absolute Gasteiger partial charge is 4.00 e. The van der Waals surface area contributed by atoms with Crippen LogP contribution >= 0.6 is 0 Å². The number of hydrogen-bond acceptors (Lipinski definition) is 0. The molecule has 4 aliphatic rings. The van der Waals surface area contributed by atoms with Gasteiger partial charge in [0.2, 0.25) is 0 Å². The van der Waals surface area contributed by atoms with Gasteiger partial charge in [-0.15, -0.1) is 24.0 Å². The standard InChI is InChI=1S/2C13H9.2C5H5.Zr/c2*1-3-7-12-10(5-1)9-11-6-2-4-8-13(11)12;2*1-2-4-5-3-1;/h2*1-5,7-8H,9H2;2*1-3H,4H2;/q4*-1;+4.